The van der Waals surface area contributed by atoms with E-state index in [1.807, 2.05) is 0 Å². The number of hydrogen-bond donors (Lipinski definition) is 0. The van der Waals surface area contributed by atoms with E-state index in [0.717, 1.165) is 35.6 Å². The number of thiophene rings is 1. The van der Waals surface area contributed by atoms with Crippen molar-refractivity contribution in [2.45, 2.75) is 26.7 Å². The summed E-state index contributed by atoms with van der Waals surface area (Å²) in [6.07, 6.45) is 8.48. The summed E-state index contributed by atoms with van der Waals surface area (Å²) in [4.78, 5) is 12.4. The third kappa shape index (κ3) is 4.01. The molecule has 1 aliphatic carbocycles. The lowest BCUT2D eigenvalue weighted by Crippen LogP contribution is -1.94. The summed E-state index contributed by atoms with van der Waals surface area (Å²) < 4.78 is 0. The van der Waals surface area contributed by atoms with Gasteiger partial charge in [0, 0.05) is 26.2 Å². The first-order chi connectivity index (χ1) is 15.2. The number of nitrogens with zero attached hydrogens (tertiary/aromatic N) is 2. The van der Waals surface area contributed by atoms with Crippen LogP contribution in [0.5, 0.6) is 0 Å². The number of benzene rings is 3. The van der Waals surface area contributed by atoms with Gasteiger partial charge < -0.3 is 0 Å². The molecule has 152 valence electrons. The van der Waals surface area contributed by atoms with Gasteiger partial charge in [0.2, 0.25) is 0 Å². The molecular weight excluding hydrogens is 396 g/mol. The molecule has 0 aliphatic heterocycles. The second-order valence-electron chi connectivity index (χ2n) is 7.85. The summed E-state index contributed by atoms with van der Waals surface area (Å²) in [6.45, 7) is 4.20. The molecule has 0 saturated carbocycles. The van der Waals surface area contributed by atoms with Crippen LogP contribution in [0.2, 0.25) is 0 Å². The molecule has 2 nitrogen and oxygen atoms in total. The van der Waals surface area contributed by atoms with E-state index in [1.54, 1.807) is 11.3 Å². The van der Waals surface area contributed by atoms with Crippen molar-refractivity contribution < 1.29 is 0 Å². The van der Waals surface area contributed by atoms with Gasteiger partial charge in [-0.3, -0.25) is 9.98 Å². The van der Waals surface area contributed by atoms with Gasteiger partial charge in [-0.15, -0.1) is 11.3 Å². The highest BCUT2D eigenvalue weighted by atomic mass is 32.1. The van der Waals surface area contributed by atoms with E-state index in [1.165, 1.54) is 31.3 Å². The molecule has 0 N–H and O–H groups in total. The van der Waals surface area contributed by atoms with Gasteiger partial charge in [0.25, 0.3) is 0 Å². The van der Waals surface area contributed by atoms with Crippen LogP contribution in [-0.2, 0) is 0 Å². The molecule has 3 aromatic carbocycles. The normalized spacial score (nSPS) is 15.0. The molecule has 0 bridgehead atoms. The monoisotopic (exact) mass is 420 g/mol. The first-order valence-electron chi connectivity index (χ1n) is 10.7. The van der Waals surface area contributed by atoms with Gasteiger partial charge >= 0.3 is 0 Å². The minimum absolute atomic E-state index is 1.01. The molecule has 0 spiro atoms. The molecule has 0 fully saturated rings. The van der Waals surface area contributed by atoms with Crippen molar-refractivity contribution in [2.75, 3.05) is 0 Å². The zero-order chi connectivity index (χ0) is 21.2. The molecule has 1 heterocycles. The van der Waals surface area contributed by atoms with E-state index in [9.17, 15) is 0 Å². The number of hydrogen-bond acceptors (Lipinski definition) is 3. The third-order valence-corrected chi connectivity index (χ3v) is 6.95. The van der Waals surface area contributed by atoms with Crippen molar-refractivity contribution in [1.29, 1.82) is 0 Å². The predicted molar refractivity (Wildman–Crippen MR) is 136 cm³/mol. The maximum atomic E-state index is 5.14. The lowest BCUT2D eigenvalue weighted by molar-refractivity contribution is 0.944. The minimum Gasteiger partial charge on any atom is -0.257 e. The number of allylic oxidation sites excluding steroid dienone is 4. The van der Waals surface area contributed by atoms with Gasteiger partial charge in [-0.1, -0.05) is 60.7 Å². The molecule has 0 radical (unpaired) electrons. The molecule has 0 saturated heterocycles. The summed E-state index contributed by atoms with van der Waals surface area (Å²) >= 11 is 1.76. The number of aliphatic imine (C=N–C) groups is 2. The van der Waals surface area contributed by atoms with Gasteiger partial charge in [-0.25, -0.2) is 0 Å². The molecule has 0 amide bonds. The summed E-state index contributed by atoms with van der Waals surface area (Å²) in [5, 5.41) is 4.81. The zero-order valence-electron chi connectivity index (χ0n) is 17.8. The van der Waals surface area contributed by atoms with Crippen molar-refractivity contribution in [3.05, 3.63) is 100 Å². The molecule has 1 aromatic heterocycles. The van der Waals surface area contributed by atoms with Crippen LogP contribution in [0.4, 0.5) is 5.69 Å². The van der Waals surface area contributed by atoms with E-state index >= 15 is 0 Å². The van der Waals surface area contributed by atoms with Gasteiger partial charge in [-0.05, 0) is 61.7 Å². The van der Waals surface area contributed by atoms with E-state index in [2.05, 4.69) is 98.8 Å². The maximum absolute atomic E-state index is 5.14. The van der Waals surface area contributed by atoms with Crippen LogP contribution in [0.3, 0.4) is 0 Å². The molecule has 1 aliphatic rings. The van der Waals surface area contributed by atoms with Gasteiger partial charge in [0.05, 0.1) is 17.1 Å². The smallest absolute Gasteiger partial charge is 0.0790 e. The minimum atomic E-state index is 1.01. The van der Waals surface area contributed by atoms with Crippen LogP contribution in [0, 0.1) is 0 Å². The lowest BCUT2D eigenvalue weighted by Gasteiger charge is -2.09. The van der Waals surface area contributed by atoms with Crippen LogP contribution in [0.1, 0.15) is 36.4 Å². The molecule has 3 heteroatoms. The molecule has 4 aromatic rings. The van der Waals surface area contributed by atoms with Crippen molar-refractivity contribution in [3.63, 3.8) is 0 Å². The SMILES string of the molecule is CC(=NC1=CC=CCC1)c1ccc(C(C)=Nc2c3ccccc3cc3ccccc23)s1. The summed E-state index contributed by atoms with van der Waals surface area (Å²) in [7, 11) is 0. The van der Waals surface area contributed by atoms with Crippen LogP contribution in [-0.4, -0.2) is 11.4 Å². The average Bonchev–Trinajstić information content (AvgIpc) is 3.30. The maximum Gasteiger partial charge on any atom is 0.0790 e. The highest BCUT2D eigenvalue weighted by molar-refractivity contribution is 7.16. The molecule has 0 unspecified atom stereocenters. The molecule has 5 rings (SSSR count). The van der Waals surface area contributed by atoms with E-state index in [-0.39, 0.29) is 0 Å². The zero-order valence-corrected chi connectivity index (χ0v) is 18.6. The largest absolute Gasteiger partial charge is 0.257 e. The topological polar surface area (TPSA) is 24.7 Å². The van der Waals surface area contributed by atoms with Crippen molar-refractivity contribution >= 4 is 50.0 Å². The fraction of sp³-hybridized carbons (Fsp3) is 0.143. The lowest BCUT2D eigenvalue weighted by atomic mass is 10.0. The van der Waals surface area contributed by atoms with Gasteiger partial charge in [0.1, 0.15) is 0 Å². The Balaban J connectivity index is 1.55. The predicted octanol–water partition coefficient (Wildman–Crippen LogP) is 8.24. The Labute approximate surface area is 187 Å². The third-order valence-electron chi connectivity index (χ3n) is 5.64. The molecule has 31 heavy (non-hydrogen) atoms. The van der Waals surface area contributed by atoms with Crippen molar-refractivity contribution in [3.8, 4) is 0 Å². The van der Waals surface area contributed by atoms with E-state index in [0.29, 0.717) is 0 Å². The number of rotatable bonds is 4. The Hall–Kier alpha value is -3.30. The first kappa shape index (κ1) is 19.7. The van der Waals surface area contributed by atoms with Crippen LogP contribution >= 0.6 is 11.3 Å². The van der Waals surface area contributed by atoms with Crippen LogP contribution < -0.4 is 0 Å². The molecular formula is C28H24N2S. The summed E-state index contributed by atoms with van der Waals surface area (Å²) in [6, 6.07) is 23.6. The number of fused-ring (bicyclic) bond motifs is 2. The Morgan fingerprint density at radius 3 is 2.00 bits per heavy atom. The molecule has 0 atom stereocenters. The Bertz CT molecular complexity index is 1350. The first-order valence-corrected chi connectivity index (χ1v) is 11.5. The highest BCUT2D eigenvalue weighted by Crippen LogP contribution is 2.36. The van der Waals surface area contributed by atoms with E-state index in [4.69, 9.17) is 9.98 Å². The average molecular weight is 421 g/mol. The quantitative estimate of drug-likeness (QED) is 0.235. The van der Waals surface area contributed by atoms with Gasteiger partial charge in [-0.2, -0.15) is 0 Å². The van der Waals surface area contributed by atoms with E-state index < -0.39 is 0 Å². The van der Waals surface area contributed by atoms with Gasteiger partial charge in [0.15, 0.2) is 0 Å². The fourth-order valence-electron chi connectivity index (χ4n) is 4.01. The highest BCUT2D eigenvalue weighted by Gasteiger charge is 2.10. The Kier molecular flexibility index (Phi) is 5.35. The summed E-state index contributed by atoms with van der Waals surface area (Å²) in [5.41, 5.74) is 4.31. The summed E-state index contributed by atoms with van der Waals surface area (Å²) in [5.74, 6) is 0. The second-order valence-corrected chi connectivity index (χ2v) is 8.93. The standard InChI is InChI=1S/C28H24N2S/c1-19(29-23-12-4-3-5-13-23)26-16-17-27(31-26)20(2)30-28-24-14-8-6-10-21(24)18-22-11-7-9-15-25(22)28/h3-4,6-12,14-18H,5,13H2,1-2H3. The Morgan fingerprint density at radius 2 is 1.39 bits per heavy atom. The van der Waals surface area contributed by atoms with Crippen molar-refractivity contribution in [1.82, 2.24) is 0 Å². The Morgan fingerprint density at radius 1 is 0.774 bits per heavy atom. The fourth-order valence-corrected chi connectivity index (χ4v) is 4.91. The van der Waals surface area contributed by atoms with Crippen LogP contribution in [0.25, 0.3) is 21.5 Å². The van der Waals surface area contributed by atoms with Crippen molar-refractivity contribution in [2.24, 2.45) is 9.98 Å². The van der Waals surface area contributed by atoms with Crippen LogP contribution in [0.15, 0.2) is 101 Å². The second kappa shape index (κ2) is 8.44.